The molecule has 0 aliphatic carbocycles. The molecule has 122 valence electrons. The predicted octanol–water partition coefficient (Wildman–Crippen LogP) is 2.84. The van der Waals surface area contributed by atoms with Gasteiger partial charge in [0.05, 0.1) is 10.6 Å². The van der Waals surface area contributed by atoms with Crippen LogP contribution in [0.15, 0.2) is 28.2 Å². The lowest BCUT2D eigenvalue weighted by Gasteiger charge is -2.31. The second-order valence-corrected chi connectivity index (χ2v) is 6.64. The molecule has 0 radical (unpaired) electrons. The van der Waals surface area contributed by atoms with Gasteiger partial charge in [-0.1, -0.05) is 6.07 Å². The van der Waals surface area contributed by atoms with Crippen LogP contribution in [0, 0.1) is 0 Å². The van der Waals surface area contributed by atoms with E-state index in [0.29, 0.717) is 5.75 Å². The van der Waals surface area contributed by atoms with Gasteiger partial charge in [0.25, 0.3) is 11.8 Å². The number of thiocarbonyl (C=S) groups is 1. The summed E-state index contributed by atoms with van der Waals surface area (Å²) in [5.74, 6) is -0.104. The molecular formula is C16H17BrN2O3S. The van der Waals surface area contributed by atoms with Crippen LogP contribution in [0.2, 0.25) is 0 Å². The highest BCUT2D eigenvalue weighted by molar-refractivity contribution is 9.10. The van der Waals surface area contributed by atoms with Gasteiger partial charge in [-0.2, -0.15) is 0 Å². The van der Waals surface area contributed by atoms with Gasteiger partial charge < -0.3 is 4.74 Å². The Balaban J connectivity index is 2.37. The summed E-state index contributed by atoms with van der Waals surface area (Å²) in [6.07, 6.45) is 1.61. The van der Waals surface area contributed by atoms with Gasteiger partial charge in [-0.3, -0.25) is 19.4 Å². The van der Waals surface area contributed by atoms with Crippen molar-refractivity contribution in [1.82, 2.24) is 9.80 Å². The van der Waals surface area contributed by atoms with Crippen LogP contribution in [-0.2, 0) is 9.59 Å². The second kappa shape index (κ2) is 6.80. The fourth-order valence-corrected chi connectivity index (χ4v) is 2.75. The summed E-state index contributed by atoms with van der Waals surface area (Å²) in [6, 6.07) is 5.40. The smallest absolute Gasteiger partial charge is 0.265 e. The summed E-state index contributed by atoms with van der Waals surface area (Å²) in [6.45, 7) is 3.88. The first kappa shape index (κ1) is 17.6. The van der Waals surface area contributed by atoms with E-state index < -0.39 is 11.8 Å². The minimum absolute atomic E-state index is 0.0558. The van der Waals surface area contributed by atoms with Crippen LogP contribution in [-0.4, -0.2) is 46.9 Å². The average molecular weight is 397 g/mol. The first-order valence-corrected chi connectivity index (χ1v) is 8.20. The lowest BCUT2D eigenvalue weighted by Crippen LogP contribution is -2.52. The fraction of sp³-hybridized carbons (Fsp3) is 0.312. The number of nitrogens with zero attached hydrogens (tertiary/aromatic N) is 2. The van der Waals surface area contributed by atoms with Crippen LogP contribution in [0.5, 0.6) is 5.75 Å². The van der Waals surface area contributed by atoms with Crippen LogP contribution >= 0.6 is 28.1 Å². The number of hydrogen-bond donors (Lipinski definition) is 0. The van der Waals surface area contributed by atoms with E-state index in [1.54, 1.807) is 38.4 Å². The molecular weight excluding hydrogens is 380 g/mol. The quantitative estimate of drug-likeness (QED) is 0.447. The van der Waals surface area contributed by atoms with Crippen LogP contribution in [0.1, 0.15) is 19.4 Å². The third-order valence-corrected chi connectivity index (χ3v) is 4.44. The van der Waals surface area contributed by atoms with Crippen LogP contribution in [0.3, 0.4) is 0 Å². The number of ether oxygens (including phenoxy) is 1. The van der Waals surface area contributed by atoms with Gasteiger partial charge >= 0.3 is 0 Å². The molecule has 0 saturated carbocycles. The van der Waals surface area contributed by atoms with E-state index in [9.17, 15) is 9.59 Å². The lowest BCUT2D eigenvalue weighted by atomic mass is 10.1. The van der Waals surface area contributed by atoms with Crippen molar-refractivity contribution in [1.29, 1.82) is 0 Å². The Labute approximate surface area is 149 Å². The molecule has 7 heteroatoms. The van der Waals surface area contributed by atoms with Gasteiger partial charge in [0.15, 0.2) is 5.11 Å². The highest BCUT2D eigenvalue weighted by Crippen LogP contribution is 2.28. The monoisotopic (exact) mass is 396 g/mol. The number of carbonyl (C=O) groups excluding carboxylic acids is 2. The Kier molecular flexibility index (Phi) is 5.21. The standard InChI is InChI=1S/C16H17BrN2O3S/c1-9(2)22-13-6-5-10(8-12(13)17)7-11-14(20)18(3)16(23)19(4)15(11)21/h5-9H,1-4H3. The van der Waals surface area contributed by atoms with E-state index >= 15 is 0 Å². The van der Waals surface area contributed by atoms with E-state index in [2.05, 4.69) is 15.9 Å². The first-order chi connectivity index (χ1) is 10.7. The Bertz CT molecular complexity index is 689. The summed E-state index contributed by atoms with van der Waals surface area (Å²) in [5.41, 5.74) is 0.798. The van der Waals surface area contributed by atoms with E-state index in [1.807, 2.05) is 13.8 Å². The molecule has 1 aromatic rings. The molecule has 5 nitrogen and oxygen atoms in total. The molecule has 1 fully saturated rings. The maximum atomic E-state index is 12.3. The largest absolute Gasteiger partial charge is 0.490 e. The number of likely N-dealkylation sites (N-methyl/N-ethyl adjacent to an activating group) is 2. The lowest BCUT2D eigenvalue weighted by molar-refractivity contribution is -0.132. The Morgan fingerprint density at radius 2 is 1.74 bits per heavy atom. The number of amides is 2. The third kappa shape index (κ3) is 3.61. The Hall–Kier alpha value is -1.73. The van der Waals surface area contributed by atoms with E-state index in [1.165, 1.54) is 9.80 Å². The fourth-order valence-electron chi connectivity index (χ4n) is 2.10. The maximum absolute atomic E-state index is 12.3. The maximum Gasteiger partial charge on any atom is 0.265 e. The minimum atomic E-state index is -0.406. The molecule has 0 bridgehead atoms. The highest BCUT2D eigenvalue weighted by atomic mass is 79.9. The van der Waals surface area contributed by atoms with Crippen molar-refractivity contribution < 1.29 is 14.3 Å². The highest BCUT2D eigenvalue weighted by Gasteiger charge is 2.35. The molecule has 0 spiro atoms. The Morgan fingerprint density at radius 3 is 2.22 bits per heavy atom. The molecule has 1 saturated heterocycles. The minimum Gasteiger partial charge on any atom is -0.490 e. The third-order valence-electron chi connectivity index (χ3n) is 3.27. The molecule has 23 heavy (non-hydrogen) atoms. The normalized spacial score (nSPS) is 15.6. The molecule has 1 aliphatic rings. The van der Waals surface area contributed by atoms with Gasteiger partial charge in [-0.15, -0.1) is 0 Å². The van der Waals surface area contributed by atoms with E-state index in [-0.39, 0.29) is 16.8 Å². The van der Waals surface area contributed by atoms with Gasteiger partial charge in [-0.25, -0.2) is 0 Å². The number of carbonyl (C=O) groups is 2. The van der Waals surface area contributed by atoms with Crippen molar-refractivity contribution in [2.45, 2.75) is 20.0 Å². The zero-order chi connectivity index (χ0) is 17.3. The van der Waals surface area contributed by atoms with Crippen molar-refractivity contribution in [3.05, 3.63) is 33.8 Å². The number of halogens is 1. The second-order valence-electron chi connectivity index (χ2n) is 5.43. The zero-order valence-corrected chi connectivity index (χ0v) is 15.7. The van der Waals surface area contributed by atoms with E-state index in [4.69, 9.17) is 17.0 Å². The van der Waals surface area contributed by atoms with Crippen molar-refractivity contribution in [2.75, 3.05) is 14.1 Å². The molecule has 0 N–H and O–H groups in total. The van der Waals surface area contributed by atoms with Crippen molar-refractivity contribution in [3.8, 4) is 5.75 Å². The van der Waals surface area contributed by atoms with Crippen LogP contribution < -0.4 is 4.74 Å². The predicted molar refractivity (Wildman–Crippen MR) is 96.0 cm³/mol. The SMILES string of the molecule is CC(C)Oc1ccc(C=C2C(=O)N(C)C(=S)N(C)C2=O)cc1Br. The number of benzene rings is 1. The number of hydrogen-bond acceptors (Lipinski definition) is 4. The number of rotatable bonds is 3. The van der Waals surface area contributed by atoms with E-state index in [0.717, 1.165) is 10.0 Å². The first-order valence-electron chi connectivity index (χ1n) is 7.00. The summed E-state index contributed by atoms with van der Waals surface area (Å²) < 4.78 is 6.40. The topological polar surface area (TPSA) is 49.9 Å². The molecule has 0 atom stereocenters. The molecule has 1 aliphatic heterocycles. The molecule has 2 rings (SSSR count). The zero-order valence-electron chi connectivity index (χ0n) is 13.3. The molecule has 1 aromatic carbocycles. The average Bonchev–Trinajstić information content (AvgIpc) is 2.50. The van der Waals surface area contributed by atoms with Crippen LogP contribution in [0.25, 0.3) is 6.08 Å². The molecule has 1 heterocycles. The van der Waals surface area contributed by atoms with Crippen molar-refractivity contribution in [3.63, 3.8) is 0 Å². The summed E-state index contributed by atoms with van der Waals surface area (Å²) >= 11 is 8.50. The molecule has 0 aromatic heterocycles. The van der Waals surface area contributed by atoms with Crippen molar-refractivity contribution in [2.24, 2.45) is 0 Å². The van der Waals surface area contributed by atoms with Gasteiger partial charge in [0.2, 0.25) is 0 Å². The molecule has 0 unspecified atom stereocenters. The van der Waals surface area contributed by atoms with Crippen LogP contribution in [0.4, 0.5) is 0 Å². The summed E-state index contributed by atoms with van der Waals surface area (Å²) in [7, 11) is 3.11. The summed E-state index contributed by atoms with van der Waals surface area (Å²) in [4.78, 5) is 27.1. The van der Waals surface area contributed by atoms with Gasteiger partial charge in [-0.05, 0) is 65.8 Å². The van der Waals surface area contributed by atoms with Gasteiger partial charge in [0, 0.05) is 14.1 Å². The van der Waals surface area contributed by atoms with Crippen molar-refractivity contribution >= 4 is 51.2 Å². The van der Waals surface area contributed by atoms with Gasteiger partial charge in [0.1, 0.15) is 11.3 Å². The molecule has 2 amide bonds. The summed E-state index contributed by atoms with van der Waals surface area (Å²) in [5, 5.41) is 0.194. The Morgan fingerprint density at radius 1 is 1.17 bits per heavy atom.